The van der Waals surface area contributed by atoms with Gasteiger partial charge in [0.15, 0.2) is 0 Å². The monoisotopic (exact) mass is 325 g/mol. The van der Waals surface area contributed by atoms with Crippen molar-refractivity contribution in [3.05, 3.63) is 0 Å². The van der Waals surface area contributed by atoms with Gasteiger partial charge < -0.3 is 20.2 Å². The third-order valence-electron chi connectivity index (χ3n) is 4.92. The Morgan fingerprint density at radius 1 is 1.30 bits per heavy atom. The minimum absolute atomic E-state index is 0.0611. The van der Waals surface area contributed by atoms with Crippen LogP contribution < -0.4 is 5.32 Å². The number of carbonyl (C=O) groups excluding carboxylic acids is 2. The van der Waals surface area contributed by atoms with Crippen molar-refractivity contribution < 1.29 is 14.7 Å². The highest BCUT2D eigenvalue weighted by Gasteiger charge is 2.31. The number of piperazine rings is 1. The third-order valence-corrected chi connectivity index (χ3v) is 4.92. The molecule has 0 spiro atoms. The fraction of sp³-hybridized carbons (Fsp3) is 0.882. The van der Waals surface area contributed by atoms with Crippen molar-refractivity contribution in [2.45, 2.75) is 45.6 Å². The summed E-state index contributed by atoms with van der Waals surface area (Å²) in [6.07, 6.45) is 3.56. The van der Waals surface area contributed by atoms with E-state index in [-0.39, 0.29) is 31.0 Å². The Kier molecular flexibility index (Phi) is 6.84. The van der Waals surface area contributed by atoms with Crippen LogP contribution in [-0.2, 0) is 9.59 Å². The van der Waals surface area contributed by atoms with Crippen LogP contribution in [0.5, 0.6) is 0 Å². The molecule has 0 aliphatic carbocycles. The van der Waals surface area contributed by atoms with Gasteiger partial charge in [-0.05, 0) is 37.5 Å². The van der Waals surface area contributed by atoms with Gasteiger partial charge in [-0.3, -0.25) is 9.59 Å². The van der Waals surface area contributed by atoms with E-state index in [1.54, 1.807) is 4.90 Å². The topological polar surface area (TPSA) is 72.9 Å². The lowest BCUT2D eigenvalue weighted by Gasteiger charge is -2.36. The molecule has 0 bridgehead atoms. The van der Waals surface area contributed by atoms with E-state index >= 15 is 0 Å². The van der Waals surface area contributed by atoms with Crippen LogP contribution in [-0.4, -0.2) is 72.1 Å². The molecule has 2 aliphatic heterocycles. The number of nitrogens with zero attached hydrogens (tertiary/aromatic N) is 2. The quantitative estimate of drug-likeness (QED) is 0.744. The van der Waals surface area contributed by atoms with E-state index in [0.29, 0.717) is 18.4 Å². The number of likely N-dealkylation sites (tertiary alicyclic amines) is 1. The van der Waals surface area contributed by atoms with Crippen LogP contribution in [0.1, 0.15) is 39.5 Å². The molecule has 0 saturated carbocycles. The number of hydrogen-bond donors (Lipinski definition) is 2. The summed E-state index contributed by atoms with van der Waals surface area (Å²) in [4.78, 5) is 28.5. The van der Waals surface area contributed by atoms with Gasteiger partial charge in [0.1, 0.15) is 0 Å². The van der Waals surface area contributed by atoms with Gasteiger partial charge in [0, 0.05) is 32.8 Å². The lowest BCUT2D eigenvalue weighted by Crippen LogP contribution is -2.57. The van der Waals surface area contributed by atoms with E-state index < -0.39 is 0 Å². The van der Waals surface area contributed by atoms with Gasteiger partial charge in [0.25, 0.3) is 0 Å². The predicted molar refractivity (Wildman–Crippen MR) is 88.8 cm³/mol. The molecule has 0 aromatic rings. The molecule has 2 rings (SSSR count). The van der Waals surface area contributed by atoms with Crippen LogP contribution in [0, 0.1) is 11.8 Å². The zero-order valence-corrected chi connectivity index (χ0v) is 14.5. The van der Waals surface area contributed by atoms with E-state index in [0.717, 1.165) is 45.3 Å². The number of carbonyl (C=O) groups is 2. The number of amides is 2. The first-order chi connectivity index (χ1) is 11.0. The van der Waals surface area contributed by atoms with Crippen LogP contribution in [0.25, 0.3) is 0 Å². The molecule has 23 heavy (non-hydrogen) atoms. The first-order valence-electron chi connectivity index (χ1n) is 8.92. The summed E-state index contributed by atoms with van der Waals surface area (Å²) in [5, 5.41) is 12.3. The molecule has 0 radical (unpaired) electrons. The second-order valence-electron chi connectivity index (χ2n) is 7.23. The minimum atomic E-state index is -0.146. The Bertz CT molecular complexity index is 406. The summed E-state index contributed by atoms with van der Waals surface area (Å²) in [6.45, 7) is 7.52. The molecule has 2 aliphatic rings. The van der Waals surface area contributed by atoms with Gasteiger partial charge in [-0.1, -0.05) is 13.8 Å². The Morgan fingerprint density at radius 3 is 2.61 bits per heavy atom. The molecule has 2 amide bonds. The average molecular weight is 325 g/mol. The highest BCUT2D eigenvalue weighted by atomic mass is 16.3. The van der Waals surface area contributed by atoms with E-state index in [1.807, 2.05) is 4.90 Å². The normalized spacial score (nSPS) is 23.7. The van der Waals surface area contributed by atoms with Gasteiger partial charge in [0.2, 0.25) is 11.8 Å². The van der Waals surface area contributed by atoms with E-state index in [4.69, 9.17) is 5.11 Å². The SMILES string of the molecule is CC(C)CC1NCCN(CC(=O)N2CCC(CCO)CC2)C1=O. The third kappa shape index (κ3) is 5.18. The fourth-order valence-electron chi connectivity index (χ4n) is 3.52. The number of aliphatic hydroxyl groups excluding tert-OH is 1. The second kappa shape index (κ2) is 8.64. The minimum Gasteiger partial charge on any atom is -0.396 e. The van der Waals surface area contributed by atoms with Gasteiger partial charge in [-0.2, -0.15) is 0 Å². The first kappa shape index (κ1) is 18.2. The van der Waals surface area contributed by atoms with Crippen molar-refractivity contribution in [2.75, 3.05) is 39.3 Å². The summed E-state index contributed by atoms with van der Waals surface area (Å²) in [6, 6.07) is -0.146. The fourth-order valence-corrected chi connectivity index (χ4v) is 3.52. The maximum atomic E-state index is 12.5. The molecule has 2 heterocycles. The first-order valence-corrected chi connectivity index (χ1v) is 8.92. The molecule has 132 valence electrons. The van der Waals surface area contributed by atoms with Gasteiger partial charge >= 0.3 is 0 Å². The van der Waals surface area contributed by atoms with Crippen LogP contribution >= 0.6 is 0 Å². The molecule has 2 N–H and O–H groups in total. The molecule has 2 fully saturated rings. The Hall–Kier alpha value is -1.14. The van der Waals surface area contributed by atoms with E-state index in [9.17, 15) is 9.59 Å². The van der Waals surface area contributed by atoms with Crippen molar-refractivity contribution >= 4 is 11.8 Å². The molecular formula is C17H31N3O3. The van der Waals surface area contributed by atoms with Gasteiger partial charge in [-0.25, -0.2) is 0 Å². The highest BCUT2D eigenvalue weighted by Crippen LogP contribution is 2.20. The maximum absolute atomic E-state index is 12.5. The predicted octanol–water partition coefficient (Wildman–Crippen LogP) is 0.454. The molecular weight excluding hydrogens is 294 g/mol. The molecule has 1 atom stereocenters. The zero-order chi connectivity index (χ0) is 16.8. The number of aliphatic hydroxyl groups is 1. The Balaban J connectivity index is 1.81. The van der Waals surface area contributed by atoms with E-state index in [2.05, 4.69) is 19.2 Å². The summed E-state index contributed by atoms with van der Waals surface area (Å²) in [7, 11) is 0. The summed E-state index contributed by atoms with van der Waals surface area (Å²) in [5.41, 5.74) is 0. The van der Waals surface area contributed by atoms with Gasteiger partial charge in [0.05, 0.1) is 12.6 Å². The average Bonchev–Trinajstić information content (AvgIpc) is 2.52. The summed E-state index contributed by atoms with van der Waals surface area (Å²) >= 11 is 0. The Morgan fingerprint density at radius 2 is 2.00 bits per heavy atom. The lowest BCUT2D eigenvalue weighted by atomic mass is 9.94. The highest BCUT2D eigenvalue weighted by molar-refractivity contribution is 5.88. The molecule has 1 unspecified atom stereocenters. The Labute approximate surface area is 139 Å². The molecule has 0 aromatic carbocycles. The molecule has 6 heteroatoms. The molecule has 0 aromatic heterocycles. The summed E-state index contributed by atoms with van der Waals surface area (Å²) < 4.78 is 0. The number of nitrogens with one attached hydrogen (secondary N) is 1. The van der Waals surface area contributed by atoms with Gasteiger partial charge in [-0.15, -0.1) is 0 Å². The largest absolute Gasteiger partial charge is 0.396 e. The number of hydrogen-bond acceptors (Lipinski definition) is 4. The van der Waals surface area contributed by atoms with Crippen molar-refractivity contribution in [1.29, 1.82) is 0 Å². The van der Waals surface area contributed by atoms with Crippen molar-refractivity contribution in [3.8, 4) is 0 Å². The van der Waals surface area contributed by atoms with Crippen molar-refractivity contribution in [3.63, 3.8) is 0 Å². The zero-order valence-electron chi connectivity index (χ0n) is 14.5. The van der Waals surface area contributed by atoms with E-state index in [1.165, 1.54) is 0 Å². The van der Waals surface area contributed by atoms with Crippen LogP contribution in [0.15, 0.2) is 0 Å². The number of piperidine rings is 1. The van der Waals surface area contributed by atoms with Crippen LogP contribution in [0.4, 0.5) is 0 Å². The smallest absolute Gasteiger partial charge is 0.242 e. The van der Waals surface area contributed by atoms with Crippen LogP contribution in [0.3, 0.4) is 0 Å². The lowest BCUT2D eigenvalue weighted by molar-refractivity contribution is -0.144. The maximum Gasteiger partial charge on any atom is 0.242 e. The standard InChI is InChI=1S/C17H31N3O3/c1-13(2)11-15-17(23)20(9-6-18-15)12-16(22)19-7-3-14(4-8-19)5-10-21/h13-15,18,21H,3-12H2,1-2H3. The number of rotatable bonds is 6. The second-order valence-corrected chi connectivity index (χ2v) is 7.23. The molecule has 2 saturated heterocycles. The van der Waals surface area contributed by atoms with Crippen molar-refractivity contribution in [2.24, 2.45) is 11.8 Å². The van der Waals surface area contributed by atoms with Crippen molar-refractivity contribution in [1.82, 2.24) is 15.1 Å². The van der Waals surface area contributed by atoms with Crippen LogP contribution in [0.2, 0.25) is 0 Å². The molecule has 6 nitrogen and oxygen atoms in total. The summed E-state index contributed by atoms with van der Waals surface area (Å²) in [5.74, 6) is 1.11.